The summed E-state index contributed by atoms with van der Waals surface area (Å²) in [6.45, 7) is 3.94. The molecule has 5 N–H and O–H groups in total. The van der Waals surface area contributed by atoms with Crippen LogP contribution in [0.1, 0.15) is 25.5 Å². The normalized spacial score (nSPS) is 24.6. The second kappa shape index (κ2) is 8.11. The second-order valence-electron chi connectivity index (χ2n) is 7.19. The quantitative estimate of drug-likeness (QED) is 0.258. The van der Waals surface area contributed by atoms with Gasteiger partial charge >= 0.3 is 17.8 Å². The maximum absolute atomic E-state index is 12.9. The maximum atomic E-state index is 12.9. The minimum absolute atomic E-state index is 0.00758. The second-order valence-corrected chi connectivity index (χ2v) is 7.19. The van der Waals surface area contributed by atoms with Crippen LogP contribution in [0.4, 0.5) is 4.79 Å². The van der Waals surface area contributed by atoms with Crippen molar-refractivity contribution in [3.63, 3.8) is 0 Å². The largest absolute Gasteiger partial charge is 0.346 e. The van der Waals surface area contributed by atoms with E-state index in [0.717, 1.165) is 4.90 Å². The van der Waals surface area contributed by atoms with Gasteiger partial charge in [0.25, 0.3) is 5.91 Å². The lowest BCUT2D eigenvalue weighted by Gasteiger charge is -2.44. The Hall–Kier alpha value is -3.47. The van der Waals surface area contributed by atoms with Gasteiger partial charge in [-0.3, -0.25) is 29.8 Å². The molecule has 0 radical (unpaired) electrons. The van der Waals surface area contributed by atoms with Gasteiger partial charge in [0.1, 0.15) is 6.04 Å². The van der Waals surface area contributed by atoms with E-state index in [9.17, 15) is 24.0 Å². The van der Waals surface area contributed by atoms with Crippen LogP contribution in [-0.2, 0) is 19.2 Å². The molecular formula is C19H24N6O5. The predicted octanol–water partition coefficient (Wildman–Crippen LogP) is -1.58. The number of likely N-dealkylation sites (N-methyl/N-ethyl adjacent to an activating group) is 1. The van der Waals surface area contributed by atoms with Crippen LogP contribution < -0.4 is 21.7 Å². The number of hydrogen-bond acceptors (Lipinski definition) is 6. The first-order valence-corrected chi connectivity index (χ1v) is 9.57. The predicted molar refractivity (Wildman–Crippen MR) is 104 cm³/mol. The highest BCUT2D eigenvalue weighted by molar-refractivity contribution is 6.38. The highest BCUT2D eigenvalue weighted by atomic mass is 16.2. The van der Waals surface area contributed by atoms with Crippen LogP contribution in [0.25, 0.3) is 0 Å². The number of urea groups is 1. The standard InChI is InChI=1S/C19H24N6O5/c1-3-24-9-10-25(16(28)15(24)27)18(30)22-13(12-7-5-4-6-8-12)14(26)23-19(20)11(2)21-17(19)29/h4-8,11,13H,3,9-10,20H2,1-2H3,(H,21,29)(H,22,30)(H,23,26). The minimum atomic E-state index is -1.60. The zero-order chi connectivity index (χ0) is 22.1. The summed E-state index contributed by atoms with van der Waals surface area (Å²) in [6.07, 6.45) is 0. The number of nitrogens with zero attached hydrogens (tertiary/aromatic N) is 2. The van der Waals surface area contributed by atoms with Gasteiger partial charge in [0.05, 0.1) is 6.04 Å². The molecule has 11 heteroatoms. The molecule has 2 aliphatic heterocycles. The summed E-state index contributed by atoms with van der Waals surface area (Å²) in [7, 11) is 0. The van der Waals surface area contributed by atoms with E-state index in [0.29, 0.717) is 12.1 Å². The summed E-state index contributed by atoms with van der Waals surface area (Å²) in [5.41, 5.74) is 4.80. The van der Waals surface area contributed by atoms with Crippen LogP contribution in [0, 0.1) is 0 Å². The number of piperazine rings is 1. The number of carbonyl (C=O) groups excluding carboxylic acids is 5. The van der Waals surface area contributed by atoms with E-state index in [1.807, 2.05) is 0 Å². The average Bonchev–Trinajstić information content (AvgIpc) is 2.74. The lowest BCUT2D eigenvalue weighted by molar-refractivity contribution is -0.153. The van der Waals surface area contributed by atoms with Crippen LogP contribution >= 0.6 is 0 Å². The molecule has 2 fully saturated rings. The molecule has 3 unspecified atom stereocenters. The zero-order valence-electron chi connectivity index (χ0n) is 16.7. The van der Waals surface area contributed by atoms with Crippen molar-refractivity contribution < 1.29 is 24.0 Å². The van der Waals surface area contributed by atoms with Crippen LogP contribution in [-0.4, -0.2) is 70.8 Å². The molecule has 0 aliphatic carbocycles. The molecule has 2 saturated heterocycles. The first-order valence-electron chi connectivity index (χ1n) is 9.57. The summed E-state index contributed by atoms with van der Waals surface area (Å²) in [6, 6.07) is 5.69. The van der Waals surface area contributed by atoms with Gasteiger partial charge in [0, 0.05) is 19.6 Å². The summed E-state index contributed by atoms with van der Waals surface area (Å²) < 4.78 is 0. The first kappa shape index (κ1) is 21.2. The summed E-state index contributed by atoms with van der Waals surface area (Å²) in [5, 5.41) is 7.48. The van der Waals surface area contributed by atoms with Crippen molar-refractivity contribution in [1.29, 1.82) is 0 Å². The first-order chi connectivity index (χ1) is 14.2. The van der Waals surface area contributed by atoms with Gasteiger partial charge in [-0.15, -0.1) is 0 Å². The number of rotatable bonds is 5. The summed E-state index contributed by atoms with van der Waals surface area (Å²) in [4.78, 5) is 64.0. The van der Waals surface area contributed by atoms with E-state index in [-0.39, 0.29) is 13.1 Å². The average molecular weight is 416 g/mol. The topological polar surface area (TPSA) is 154 Å². The molecule has 30 heavy (non-hydrogen) atoms. The molecule has 6 amide bonds. The summed E-state index contributed by atoms with van der Waals surface area (Å²) in [5.74, 6) is -3.00. The Morgan fingerprint density at radius 3 is 2.43 bits per heavy atom. The fraction of sp³-hybridized carbons (Fsp3) is 0.421. The number of nitrogens with two attached hydrogens (primary N) is 1. The Kier molecular flexibility index (Phi) is 5.74. The fourth-order valence-electron chi connectivity index (χ4n) is 3.31. The van der Waals surface area contributed by atoms with Crippen LogP contribution in [0.2, 0.25) is 0 Å². The van der Waals surface area contributed by atoms with Gasteiger partial charge in [-0.25, -0.2) is 4.79 Å². The van der Waals surface area contributed by atoms with E-state index in [1.54, 1.807) is 44.2 Å². The lowest BCUT2D eigenvalue weighted by Crippen LogP contribution is -2.83. The Bertz CT molecular complexity index is 891. The highest BCUT2D eigenvalue weighted by Gasteiger charge is 2.51. The van der Waals surface area contributed by atoms with E-state index < -0.39 is 47.4 Å². The van der Waals surface area contributed by atoms with Crippen molar-refractivity contribution in [1.82, 2.24) is 25.8 Å². The number of carbonyl (C=O) groups is 5. The molecule has 0 aromatic heterocycles. The van der Waals surface area contributed by atoms with E-state index in [2.05, 4.69) is 16.0 Å². The van der Waals surface area contributed by atoms with Crippen molar-refractivity contribution in [3.8, 4) is 0 Å². The van der Waals surface area contributed by atoms with Crippen molar-refractivity contribution >= 4 is 29.7 Å². The number of amides is 6. The van der Waals surface area contributed by atoms with Gasteiger partial charge in [0.15, 0.2) is 5.66 Å². The SMILES string of the molecule is CCN1CCN(C(=O)NC(C(=O)NC2(N)C(=O)NC2C)c2ccccc2)C(=O)C1=O. The van der Waals surface area contributed by atoms with Gasteiger partial charge < -0.3 is 20.9 Å². The molecule has 160 valence electrons. The number of benzene rings is 1. The van der Waals surface area contributed by atoms with Crippen molar-refractivity contribution in [3.05, 3.63) is 35.9 Å². The molecule has 2 aliphatic rings. The molecule has 1 aromatic carbocycles. The molecule has 0 bridgehead atoms. The van der Waals surface area contributed by atoms with E-state index in [1.165, 1.54) is 4.90 Å². The minimum Gasteiger partial charge on any atom is -0.346 e. The van der Waals surface area contributed by atoms with E-state index in [4.69, 9.17) is 5.73 Å². The number of imide groups is 1. The smallest absolute Gasteiger partial charge is 0.325 e. The maximum Gasteiger partial charge on any atom is 0.325 e. The molecule has 0 spiro atoms. The third-order valence-electron chi connectivity index (χ3n) is 5.33. The fourth-order valence-corrected chi connectivity index (χ4v) is 3.31. The van der Waals surface area contributed by atoms with Gasteiger partial charge in [0.2, 0.25) is 5.91 Å². The monoisotopic (exact) mass is 416 g/mol. The molecule has 11 nitrogen and oxygen atoms in total. The molecule has 1 aromatic rings. The molecular weight excluding hydrogens is 392 g/mol. The van der Waals surface area contributed by atoms with Gasteiger partial charge in [-0.05, 0) is 19.4 Å². The Balaban J connectivity index is 1.79. The number of β-lactam (4-membered cyclic amide) rings is 1. The van der Waals surface area contributed by atoms with Crippen LogP contribution in [0.15, 0.2) is 30.3 Å². The molecule has 2 heterocycles. The van der Waals surface area contributed by atoms with Gasteiger partial charge in [-0.1, -0.05) is 30.3 Å². The highest BCUT2D eigenvalue weighted by Crippen LogP contribution is 2.19. The van der Waals surface area contributed by atoms with Crippen LogP contribution in [0.3, 0.4) is 0 Å². The third kappa shape index (κ3) is 3.71. The Labute approximate surface area is 172 Å². The zero-order valence-corrected chi connectivity index (χ0v) is 16.7. The molecule has 3 rings (SSSR count). The molecule has 0 saturated carbocycles. The van der Waals surface area contributed by atoms with Crippen molar-refractivity contribution in [2.24, 2.45) is 5.73 Å². The number of hydrogen-bond donors (Lipinski definition) is 4. The van der Waals surface area contributed by atoms with Gasteiger partial charge in [-0.2, -0.15) is 0 Å². The van der Waals surface area contributed by atoms with Crippen molar-refractivity contribution in [2.45, 2.75) is 31.6 Å². The lowest BCUT2D eigenvalue weighted by atomic mass is 9.92. The van der Waals surface area contributed by atoms with Crippen molar-refractivity contribution in [2.75, 3.05) is 19.6 Å². The third-order valence-corrected chi connectivity index (χ3v) is 5.33. The Morgan fingerprint density at radius 1 is 1.20 bits per heavy atom. The van der Waals surface area contributed by atoms with Crippen LogP contribution in [0.5, 0.6) is 0 Å². The molecule has 3 atom stereocenters. The Morgan fingerprint density at radius 2 is 1.87 bits per heavy atom. The number of nitrogens with one attached hydrogen (secondary N) is 3. The summed E-state index contributed by atoms with van der Waals surface area (Å²) >= 11 is 0. The van der Waals surface area contributed by atoms with E-state index >= 15 is 0 Å².